The normalized spacial score (nSPS) is 18.0. The lowest BCUT2D eigenvalue weighted by molar-refractivity contribution is 0.258. The summed E-state index contributed by atoms with van der Waals surface area (Å²) in [7, 11) is -12.4. The predicted molar refractivity (Wildman–Crippen MR) is 207 cm³/mol. The van der Waals surface area contributed by atoms with E-state index in [2.05, 4.69) is 93.4 Å². The summed E-state index contributed by atoms with van der Waals surface area (Å²) in [6.45, 7) is 10.5. The summed E-state index contributed by atoms with van der Waals surface area (Å²) < 4.78 is 42.4. The monoisotopic (exact) mass is 726 g/mol. The lowest BCUT2D eigenvalue weighted by Crippen LogP contribution is -2.73. The second-order valence-corrected chi connectivity index (χ2v) is 28.8. The predicted octanol–water partition coefficient (Wildman–Crippen LogP) is 5.24. The molecule has 6 nitrogen and oxygen atoms in total. The second-order valence-electron chi connectivity index (χ2n) is 12.4. The average molecular weight is 727 g/mol. The maximum Gasteiger partial charge on any atom is 0.360 e. The van der Waals surface area contributed by atoms with Gasteiger partial charge in [-0.3, -0.25) is 0 Å². The van der Waals surface area contributed by atoms with Crippen molar-refractivity contribution in [3.63, 3.8) is 0 Å². The van der Waals surface area contributed by atoms with Gasteiger partial charge in [0, 0.05) is 14.2 Å². The van der Waals surface area contributed by atoms with Crippen LogP contribution in [0.4, 0.5) is 0 Å². The topological polar surface area (TPSA) is 55.4 Å². The quantitative estimate of drug-likeness (QED) is 0.138. The van der Waals surface area contributed by atoms with Crippen LogP contribution < -0.4 is 25.9 Å². The molecular formula is C37H46O6Si5. The Hall–Kier alpha value is -3.06. The highest BCUT2D eigenvalue weighted by molar-refractivity contribution is 7.02. The van der Waals surface area contributed by atoms with Gasteiger partial charge in [-0.1, -0.05) is 152 Å². The van der Waals surface area contributed by atoms with Crippen LogP contribution in [-0.4, -0.2) is 57.0 Å². The zero-order valence-corrected chi connectivity index (χ0v) is 33.9. The number of hydrogen-bond acceptors (Lipinski definition) is 6. The standard InChI is InChI=1S/C37H46O6Si5/c1-38-44(3,33-23-13-8-14-24-33)40-46(5,35-27-17-10-18-28-35)42-48(7,37-31-21-12-22-32-37)43-47(6,36-29-19-11-20-30-36)41-45(4,39-2)34-25-15-9-16-26-34/h8-32H,1-7H3. The Morgan fingerprint density at radius 1 is 0.271 bits per heavy atom. The van der Waals surface area contributed by atoms with Gasteiger partial charge < -0.3 is 25.3 Å². The maximum absolute atomic E-state index is 7.61. The van der Waals surface area contributed by atoms with Crippen LogP contribution in [0.3, 0.4) is 0 Å². The van der Waals surface area contributed by atoms with E-state index in [9.17, 15) is 0 Å². The Labute approximate surface area is 291 Å². The molecule has 0 bridgehead atoms. The summed E-state index contributed by atoms with van der Waals surface area (Å²) in [5.74, 6) is 0. The Kier molecular flexibility index (Phi) is 11.5. The summed E-state index contributed by atoms with van der Waals surface area (Å²) in [6, 6.07) is 51.2. The van der Waals surface area contributed by atoms with Crippen LogP contribution >= 0.6 is 0 Å². The van der Waals surface area contributed by atoms with Gasteiger partial charge in [-0.2, -0.15) is 0 Å². The highest BCUT2D eigenvalue weighted by Crippen LogP contribution is 2.27. The minimum absolute atomic E-state index is 0.988. The van der Waals surface area contributed by atoms with E-state index in [0.29, 0.717) is 0 Å². The zero-order valence-electron chi connectivity index (χ0n) is 28.9. The van der Waals surface area contributed by atoms with E-state index < -0.39 is 42.8 Å². The van der Waals surface area contributed by atoms with Crippen molar-refractivity contribution < 1.29 is 25.3 Å². The third kappa shape index (κ3) is 8.04. The van der Waals surface area contributed by atoms with Crippen molar-refractivity contribution in [3.8, 4) is 0 Å². The summed E-state index contributed by atoms with van der Waals surface area (Å²) in [5, 5.41) is 5.05. The lowest BCUT2D eigenvalue weighted by atomic mass is 10.4. The molecule has 11 heteroatoms. The lowest BCUT2D eigenvalue weighted by Gasteiger charge is -2.45. The smallest absolute Gasteiger partial charge is 0.360 e. The van der Waals surface area contributed by atoms with Gasteiger partial charge in [0.2, 0.25) is 0 Å². The molecule has 0 aliphatic rings. The largest absolute Gasteiger partial charge is 0.409 e. The van der Waals surface area contributed by atoms with Gasteiger partial charge in [-0.05, 0) is 58.7 Å². The maximum atomic E-state index is 7.61. The summed E-state index contributed by atoms with van der Waals surface area (Å²) in [6.07, 6.45) is 0. The van der Waals surface area contributed by atoms with Crippen LogP contribution in [0, 0.1) is 0 Å². The summed E-state index contributed by atoms with van der Waals surface area (Å²) >= 11 is 0. The summed E-state index contributed by atoms with van der Waals surface area (Å²) in [5.41, 5.74) is 0. The molecule has 0 saturated carbocycles. The molecule has 0 radical (unpaired) electrons. The molecule has 0 N–H and O–H groups in total. The molecule has 0 aliphatic heterocycles. The molecule has 4 atom stereocenters. The van der Waals surface area contributed by atoms with E-state index in [0.717, 1.165) is 25.9 Å². The van der Waals surface area contributed by atoms with Crippen LogP contribution in [-0.2, 0) is 25.3 Å². The molecule has 0 amide bonds. The number of rotatable bonds is 15. The second kappa shape index (κ2) is 15.2. The molecular weight excluding hydrogens is 681 g/mol. The van der Waals surface area contributed by atoms with Gasteiger partial charge in [-0.15, -0.1) is 0 Å². The van der Waals surface area contributed by atoms with E-state index in [-0.39, 0.29) is 0 Å². The number of benzene rings is 5. The first-order valence-electron chi connectivity index (χ1n) is 16.2. The SMILES string of the molecule is CO[Si](C)(O[Si](C)(O[Si](C)(O[Si](C)(O[Si](C)(OC)c1ccccc1)c1ccccc1)c1ccccc1)c1ccccc1)c1ccccc1. The van der Waals surface area contributed by atoms with Crippen LogP contribution in [0.5, 0.6) is 0 Å². The Morgan fingerprint density at radius 2 is 0.438 bits per heavy atom. The average Bonchev–Trinajstić information content (AvgIpc) is 3.13. The summed E-state index contributed by atoms with van der Waals surface area (Å²) in [4.78, 5) is 0. The molecule has 48 heavy (non-hydrogen) atoms. The van der Waals surface area contributed by atoms with Crippen molar-refractivity contribution in [3.05, 3.63) is 152 Å². The molecule has 250 valence electrons. The third-order valence-electron chi connectivity index (χ3n) is 8.83. The molecule has 5 rings (SSSR count). The van der Waals surface area contributed by atoms with E-state index in [1.807, 2.05) is 91.0 Å². The van der Waals surface area contributed by atoms with Crippen LogP contribution in [0.15, 0.2) is 152 Å². The van der Waals surface area contributed by atoms with Crippen molar-refractivity contribution >= 4 is 68.7 Å². The first-order valence-corrected chi connectivity index (χ1v) is 27.7. The zero-order chi connectivity index (χ0) is 34.3. The molecule has 0 spiro atoms. The Morgan fingerprint density at radius 3 is 0.625 bits per heavy atom. The van der Waals surface area contributed by atoms with Gasteiger partial charge in [-0.25, -0.2) is 0 Å². The van der Waals surface area contributed by atoms with E-state index in [1.165, 1.54) is 0 Å². The van der Waals surface area contributed by atoms with Crippen LogP contribution in [0.2, 0.25) is 32.7 Å². The number of hydrogen-bond donors (Lipinski definition) is 0. The van der Waals surface area contributed by atoms with Crippen LogP contribution in [0.1, 0.15) is 0 Å². The molecule has 5 aromatic carbocycles. The first-order chi connectivity index (χ1) is 23.0. The molecule has 0 saturated heterocycles. The van der Waals surface area contributed by atoms with E-state index in [1.54, 1.807) is 14.2 Å². The van der Waals surface area contributed by atoms with Crippen molar-refractivity contribution in [1.29, 1.82) is 0 Å². The minimum Gasteiger partial charge on any atom is -0.409 e. The third-order valence-corrected chi connectivity index (χ3v) is 29.8. The first kappa shape index (κ1) is 36.2. The molecule has 0 aliphatic carbocycles. The van der Waals surface area contributed by atoms with E-state index in [4.69, 9.17) is 25.3 Å². The minimum atomic E-state index is -3.38. The van der Waals surface area contributed by atoms with Gasteiger partial charge in [0.15, 0.2) is 0 Å². The van der Waals surface area contributed by atoms with Crippen molar-refractivity contribution in [2.24, 2.45) is 0 Å². The molecule has 0 fully saturated rings. The van der Waals surface area contributed by atoms with E-state index >= 15 is 0 Å². The fourth-order valence-corrected chi connectivity index (χ4v) is 28.5. The van der Waals surface area contributed by atoms with Gasteiger partial charge in [0.1, 0.15) is 0 Å². The highest BCUT2D eigenvalue weighted by atomic mass is 28.5. The fourth-order valence-electron chi connectivity index (χ4n) is 6.04. The fraction of sp³-hybridized carbons (Fsp3) is 0.189. The molecule has 0 aromatic heterocycles. The van der Waals surface area contributed by atoms with Crippen molar-refractivity contribution in [1.82, 2.24) is 0 Å². The Bertz CT molecular complexity index is 1620. The van der Waals surface area contributed by atoms with Crippen LogP contribution in [0.25, 0.3) is 0 Å². The van der Waals surface area contributed by atoms with Crippen molar-refractivity contribution in [2.45, 2.75) is 32.7 Å². The highest BCUT2D eigenvalue weighted by Gasteiger charge is 2.56. The van der Waals surface area contributed by atoms with Gasteiger partial charge in [0.25, 0.3) is 0 Å². The molecule has 4 unspecified atom stereocenters. The molecule has 0 heterocycles. The molecule has 5 aromatic rings. The van der Waals surface area contributed by atoms with Crippen molar-refractivity contribution in [2.75, 3.05) is 14.2 Å². The van der Waals surface area contributed by atoms with Gasteiger partial charge in [0.05, 0.1) is 0 Å². The van der Waals surface area contributed by atoms with Gasteiger partial charge >= 0.3 is 42.8 Å². The Balaban J connectivity index is 1.66.